The highest BCUT2D eigenvalue weighted by Crippen LogP contribution is 2.23. The molecule has 7 nitrogen and oxygen atoms in total. The maximum atomic E-state index is 14.2. The van der Waals surface area contributed by atoms with Crippen LogP contribution in [0.3, 0.4) is 0 Å². The first-order chi connectivity index (χ1) is 16.6. The number of fused-ring (bicyclic) bond motifs is 1. The lowest BCUT2D eigenvalue weighted by Gasteiger charge is -2.26. The van der Waals surface area contributed by atoms with E-state index >= 15 is 0 Å². The zero-order chi connectivity index (χ0) is 23.9. The van der Waals surface area contributed by atoms with Crippen LogP contribution in [0, 0.1) is 5.82 Å². The number of benzene rings is 2. The molecular weight excluding hydrogens is 435 g/mol. The van der Waals surface area contributed by atoms with Crippen LogP contribution in [-0.4, -0.2) is 60.7 Å². The first kappa shape index (κ1) is 23.7. The Morgan fingerprint density at radius 1 is 1.09 bits per heavy atom. The van der Waals surface area contributed by atoms with Crippen LogP contribution in [0.15, 0.2) is 60.4 Å². The van der Waals surface area contributed by atoms with Crippen molar-refractivity contribution < 1.29 is 18.7 Å². The molecule has 0 aliphatic carbocycles. The molecule has 8 heteroatoms. The van der Waals surface area contributed by atoms with Gasteiger partial charge in [0.15, 0.2) is 0 Å². The minimum absolute atomic E-state index is 0.0641. The van der Waals surface area contributed by atoms with Crippen LogP contribution < -0.4 is 10.6 Å². The second kappa shape index (κ2) is 11.1. The Morgan fingerprint density at radius 3 is 2.59 bits per heavy atom. The van der Waals surface area contributed by atoms with Crippen molar-refractivity contribution >= 4 is 28.8 Å². The highest BCUT2D eigenvalue weighted by molar-refractivity contribution is 6.06. The fraction of sp³-hybridized carbons (Fsp3) is 0.308. The van der Waals surface area contributed by atoms with E-state index in [9.17, 15) is 14.0 Å². The molecule has 0 radical (unpaired) electrons. The molecule has 3 aromatic rings. The third-order valence-corrected chi connectivity index (χ3v) is 5.89. The highest BCUT2D eigenvalue weighted by atomic mass is 19.1. The number of morpholine rings is 1. The zero-order valence-corrected chi connectivity index (χ0v) is 19.2. The van der Waals surface area contributed by atoms with E-state index in [1.54, 1.807) is 12.1 Å². The van der Waals surface area contributed by atoms with Crippen molar-refractivity contribution in [3.05, 3.63) is 77.4 Å². The summed E-state index contributed by atoms with van der Waals surface area (Å²) in [5.74, 6) is -1.74. The third-order valence-electron chi connectivity index (χ3n) is 5.89. The quantitative estimate of drug-likeness (QED) is 0.503. The van der Waals surface area contributed by atoms with Crippen LogP contribution in [0.1, 0.15) is 22.8 Å². The van der Waals surface area contributed by atoms with Crippen LogP contribution in [0.5, 0.6) is 0 Å². The number of hydrogen-bond acceptors (Lipinski definition) is 4. The standard InChI is InChI=1S/C26H29FN4O3/c1-2-31-18-19(20-7-4-6-10-24(20)31)17-23(29-25(32)21-8-3-5-9-22(21)27)26(33)28-11-12-30-13-15-34-16-14-30/h3-10,17-18H,2,11-16H2,1H3,(H,28,33)(H,29,32). The SMILES string of the molecule is CCn1cc(C=C(NC(=O)c2ccccc2F)C(=O)NCCN2CCOCC2)c2ccccc21. The van der Waals surface area contributed by atoms with E-state index in [1.807, 2.05) is 37.4 Å². The van der Waals surface area contributed by atoms with Crippen molar-refractivity contribution in [2.75, 3.05) is 39.4 Å². The summed E-state index contributed by atoms with van der Waals surface area (Å²) in [6.07, 6.45) is 3.60. The van der Waals surface area contributed by atoms with E-state index in [0.717, 1.165) is 36.1 Å². The van der Waals surface area contributed by atoms with Gasteiger partial charge in [-0.1, -0.05) is 30.3 Å². The second-order valence-electron chi connectivity index (χ2n) is 8.09. The van der Waals surface area contributed by atoms with Crippen LogP contribution in [0.25, 0.3) is 17.0 Å². The van der Waals surface area contributed by atoms with Crippen LogP contribution in [0.4, 0.5) is 4.39 Å². The van der Waals surface area contributed by atoms with E-state index in [4.69, 9.17) is 4.74 Å². The number of amides is 2. The number of halogens is 1. The summed E-state index contributed by atoms with van der Waals surface area (Å²) in [5, 5.41) is 6.48. The number of hydrogen-bond donors (Lipinski definition) is 2. The molecule has 1 fully saturated rings. The largest absolute Gasteiger partial charge is 0.379 e. The van der Waals surface area contributed by atoms with E-state index in [1.165, 1.54) is 18.2 Å². The Hall–Kier alpha value is -3.49. The summed E-state index contributed by atoms with van der Waals surface area (Å²) in [5.41, 5.74) is 1.77. The molecule has 0 saturated carbocycles. The van der Waals surface area contributed by atoms with Crippen LogP contribution >= 0.6 is 0 Å². The maximum absolute atomic E-state index is 14.2. The average molecular weight is 465 g/mol. The van der Waals surface area contributed by atoms with Gasteiger partial charge in [0.2, 0.25) is 0 Å². The molecule has 2 heterocycles. The number of carbonyl (C=O) groups excluding carboxylic acids is 2. The Labute approximate surface area is 198 Å². The Bertz CT molecular complexity index is 1200. The molecular formula is C26H29FN4O3. The Morgan fingerprint density at radius 2 is 1.82 bits per heavy atom. The van der Waals surface area contributed by atoms with Gasteiger partial charge in [0, 0.05) is 55.4 Å². The van der Waals surface area contributed by atoms with Gasteiger partial charge in [-0.3, -0.25) is 14.5 Å². The van der Waals surface area contributed by atoms with Gasteiger partial charge in [0.25, 0.3) is 11.8 Å². The smallest absolute Gasteiger partial charge is 0.267 e. The van der Waals surface area contributed by atoms with Gasteiger partial charge < -0.3 is 19.9 Å². The number of aryl methyl sites for hydroxylation is 1. The molecule has 2 N–H and O–H groups in total. The van der Waals surface area contributed by atoms with Crippen LogP contribution in [0.2, 0.25) is 0 Å². The molecule has 1 saturated heterocycles. The van der Waals surface area contributed by atoms with Gasteiger partial charge >= 0.3 is 0 Å². The van der Waals surface area contributed by atoms with Crippen molar-refractivity contribution in [1.29, 1.82) is 0 Å². The molecule has 0 atom stereocenters. The molecule has 1 aliphatic rings. The van der Waals surface area contributed by atoms with Crippen LogP contribution in [-0.2, 0) is 16.1 Å². The summed E-state index contributed by atoms with van der Waals surface area (Å²) in [6.45, 7) is 6.90. The van der Waals surface area contributed by atoms with Gasteiger partial charge in [-0.2, -0.15) is 0 Å². The summed E-state index contributed by atoms with van der Waals surface area (Å²) in [7, 11) is 0. The average Bonchev–Trinajstić information content (AvgIpc) is 3.22. The summed E-state index contributed by atoms with van der Waals surface area (Å²) >= 11 is 0. The fourth-order valence-electron chi connectivity index (χ4n) is 4.05. The lowest BCUT2D eigenvalue weighted by molar-refractivity contribution is -0.117. The van der Waals surface area contributed by atoms with Gasteiger partial charge in [-0.05, 0) is 31.2 Å². The Balaban J connectivity index is 1.59. The summed E-state index contributed by atoms with van der Waals surface area (Å²) < 4.78 is 21.6. The number of nitrogens with one attached hydrogen (secondary N) is 2. The van der Waals surface area contributed by atoms with Gasteiger partial charge in [0.1, 0.15) is 11.5 Å². The number of nitrogens with zero attached hydrogens (tertiary/aromatic N) is 2. The normalized spacial score (nSPS) is 14.8. The molecule has 0 bridgehead atoms. The van der Waals surface area contributed by atoms with Gasteiger partial charge in [-0.15, -0.1) is 0 Å². The van der Waals surface area contributed by atoms with Gasteiger partial charge in [-0.25, -0.2) is 4.39 Å². The molecule has 34 heavy (non-hydrogen) atoms. The van der Waals surface area contributed by atoms with Crippen molar-refractivity contribution in [3.8, 4) is 0 Å². The summed E-state index contributed by atoms with van der Waals surface area (Å²) in [6, 6.07) is 13.6. The van der Waals surface area contributed by atoms with E-state index in [2.05, 4.69) is 20.1 Å². The molecule has 0 spiro atoms. The molecule has 2 amide bonds. The minimum Gasteiger partial charge on any atom is -0.379 e. The number of ether oxygens (including phenoxy) is 1. The van der Waals surface area contributed by atoms with E-state index in [0.29, 0.717) is 26.3 Å². The first-order valence-corrected chi connectivity index (χ1v) is 11.5. The molecule has 178 valence electrons. The maximum Gasteiger partial charge on any atom is 0.267 e. The van der Waals surface area contributed by atoms with Gasteiger partial charge in [0.05, 0.1) is 18.8 Å². The van der Waals surface area contributed by atoms with Crippen molar-refractivity contribution in [2.45, 2.75) is 13.5 Å². The molecule has 1 aromatic heterocycles. The Kier molecular flexibility index (Phi) is 7.72. The number of rotatable bonds is 8. The third kappa shape index (κ3) is 5.52. The predicted molar refractivity (Wildman–Crippen MR) is 130 cm³/mol. The summed E-state index contributed by atoms with van der Waals surface area (Å²) in [4.78, 5) is 28.1. The zero-order valence-electron chi connectivity index (χ0n) is 19.2. The first-order valence-electron chi connectivity index (χ1n) is 11.5. The predicted octanol–water partition coefficient (Wildman–Crippen LogP) is 3.02. The highest BCUT2D eigenvalue weighted by Gasteiger charge is 2.19. The van der Waals surface area contributed by atoms with Crippen molar-refractivity contribution in [2.24, 2.45) is 0 Å². The number of para-hydroxylation sites is 1. The lowest BCUT2D eigenvalue weighted by Crippen LogP contribution is -2.42. The fourth-order valence-corrected chi connectivity index (χ4v) is 4.05. The van der Waals surface area contributed by atoms with E-state index < -0.39 is 17.6 Å². The minimum atomic E-state index is -0.674. The topological polar surface area (TPSA) is 75.6 Å². The number of aromatic nitrogens is 1. The molecule has 0 unspecified atom stereocenters. The molecule has 4 rings (SSSR count). The number of carbonyl (C=O) groups is 2. The monoisotopic (exact) mass is 464 g/mol. The lowest BCUT2D eigenvalue weighted by atomic mass is 10.1. The second-order valence-corrected chi connectivity index (χ2v) is 8.09. The van der Waals surface area contributed by atoms with Crippen molar-refractivity contribution in [1.82, 2.24) is 20.1 Å². The van der Waals surface area contributed by atoms with Crippen molar-refractivity contribution in [3.63, 3.8) is 0 Å². The van der Waals surface area contributed by atoms with E-state index in [-0.39, 0.29) is 11.3 Å². The molecule has 1 aliphatic heterocycles. The molecule has 2 aromatic carbocycles.